The van der Waals surface area contributed by atoms with Gasteiger partial charge in [0.1, 0.15) is 0 Å². The fourth-order valence-corrected chi connectivity index (χ4v) is 4.19. The smallest absolute Gasteiger partial charge is 0.222 e. The van der Waals surface area contributed by atoms with E-state index in [1.807, 2.05) is 0 Å². The highest BCUT2D eigenvalue weighted by Crippen LogP contribution is 2.35. The molecular formula is C17H32N2O2. The van der Waals surface area contributed by atoms with Gasteiger partial charge >= 0.3 is 0 Å². The quantitative estimate of drug-likeness (QED) is 0.818. The van der Waals surface area contributed by atoms with Crippen molar-refractivity contribution in [2.75, 3.05) is 20.6 Å². The van der Waals surface area contributed by atoms with Crippen molar-refractivity contribution in [2.24, 2.45) is 5.92 Å². The number of aliphatic hydroxyl groups is 1. The summed E-state index contributed by atoms with van der Waals surface area (Å²) < 4.78 is 0. The molecule has 0 spiro atoms. The van der Waals surface area contributed by atoms with E-state index in [4.69, 9.17) is 0 Å². The number of amides is 1. The molecule has 0 saturated heterocycles. The fourth-order valence-electron chi connectivity index (χ4n) is 4.19. The van der Waals surface area contributed by atoms with Crippen molar-refractivity contribution in [2.45, 2.75) is 75.9 Å². The van der Waals surface area contributed by atoms with Crippen molar-refractivity contribution in [3.05, 3.63) is 0 Å². The van der Waals surface area contributed by atoms with Gasteiger partial charge in [-0.05, 0) is 45.7 Å². The topological polar surface area (TPSA) is 52.6 Å². The number of nitrogens with zero attached hydrogens (tertiary/aromatic N) is 1. The molecule has 0 aromatic rings. The number of hydrogen-bond acceptors (Lipinski definition) is 3. The van der Waals surface area contributed by atoms with Gasteiger partial charge in [0.25, 0.3) is 0 Å². The number of rotatable bonds is 5. The van der Waals surface area contributed by atoms with Crippen LogP contribution in [0, 0.1) is 5.92 Å². The van der Waals surface area contributed by atoms with Gasteiger partial charge in [0.15, 0.2) is 0 Å². The molecule has 21 heavy (non-hydrogen) atoms. The average Bonchev–Trinajstić information content (AvgIpc) is 2.83. The van der Waals surface area contributed by atoms with Gasteiger partial charge in [0.05, 0.1) is 12.0 Å². The molecule has 2 aliphatic rings. The van der Waals surface area contributed by atoms with E-state index >= 15 is 0 Å². The van der Waals surface area contributed by atoms with Gasteiger partial charge in [-0.15, -0.1) is 0 Å². The molecule has 1 amide bonds. The van der Waals surface area contributed by atoms with Crippen molar-refractivity contribution >= 4 is 5.91 Å². The molecule has 4 heteroatoms. The van der Waals surface area contributed by atoms with Gasteiger partial charge in [-0.25, -0.2) is 0 Å². The first-order valence-electron chi connectivity index (χ1n) is 8.52. The third kappa shape index (κ3) is 4.19. The fraction of sp³-hybridized carbons (Fsp3) is 0.941. The van der Waals surface area contributed by atoms with Crippen molar-refractivity contribution in [3.63, 3.8) is 0 Å². The van der Waals surface area contributed by atoms with Crippen LogP contribution in [-0.4, -0.2) is 47.7 Å². The van der Waals surface area contributed by atoms with Gasteiger partial charge in [-0.2, -0.15) is 0 Å². The van der Waals surface area contributed by atoms with E-state index in [0.717, 1.165) is 44.4 Å². The molecule has 0 radical (unpaired) electrons. The summed E-state index contributed by atoms with van der Waals surface area (Å²) in [5.74, 6) is 0.732. The van der Waals surface area contributed by atoms with E-state index in [1.165, 1.54) is 12.8 Å². The SMILES string of the molecule is CC1CCCC(CNC(=O)CC2(O)CCCC2)(N(C)C)C1. The van der Waals surface area contributed by atoms with E-state index in [1.54, 1.807) is 0 Å². The van der Waals surface area contributed by atoms with Crippen LogP contribution in [0.3, 0.4) is 0 Å². The summed E-state index contributed by atoms with van der Waals surface area (Å²) in [4.78, 5) is 14.5. The molecule has 2 atom stereocenters. The van der Waals surface area contributed by atoms with Crippen LogP contribution in [0.25, 0.3) is 0 Å². The summed E-state index contributed by atoms with van der Waals surface area (Å²) >= 11 is 0. The lowest BCUT2D eigenvalue weighted by Gasteiger charge is -2.45. The molecular weight excluding hydrogens is 264 g/mol. The van der Waals surface area contributed by atoms with Crippen molar-refractivity contribution in [1.29, 1.82) is 0 Å². The minimum Gasteiger partial charge on any atom is -0.389 e. The van der Waals surface area contributed by atoms with Crippen LogP contribution >= 0.6 is 0 Å². The van der Waals surface area contributed by atoms with Crippen LogP contribution in [0.2, 0.25) is 0 Å². The average molecular weight is 296 g/mol. The molecule has 2 rings (SSSR count). The van der Waals surface area contributed by atoms with E-state index in [0.29, 0.717) is 6.54 Å². The Hall–Kier alpha value is -0.610. The lowest BCUT2D eigenvalue weighted by Crippen LogP contribution is -2.55. The first-order valence-corrected chi connectivity index (χ1v) is 8.52. The van der Waals surface area contributed by atoms with E-state index in [9.17, 15) is 9.90 Å². The van der Waals surface area contributed by atoms with E-state index in [-0.39, 0.29) is 17.9 Å². The lowest BCUT2D eigenvalue weighted by molar-refractivity contribution is -0.126. The van der Waals surface area contributed by atoms with Crippen LogP contribution in [0.5, 0.6) is 0 Å². The molecule has 0 heterocycles. The van der Waals surface area contributed by atoms with Gasteiger partial charge in [-0.3, -0.25) is 4.79 Å². The third-order valence-corrected chi connectivity index (χ3v) is 5.65. The molecule has 0 aromatic heterocycles. The van der Waals surface area contributed by atoms with Crippen molar-refractivity contribution in [1.82, 2.24) is 10.2 Å². The summed E-state index contributed by atoms with van der Waals surface area (Å²) in [7, 11) is 4.24. The summed E-state index contributed by atoms with van der Waals surface area (Å²) in [5.41, 5.74) is -0.652. The maximum absolute atomic E-state index is 12.2. The molecule has 0 aromatic carbocycles. The highest BCUT2D eigenvalue weighted by Gasteiger charge is 2.38. The van der Waals surface area contributed by atoms with Gasteiger partial charge in [0, 0.05) is 12.1 Å². The minimum atomic E-state index is -0.741. The molecule has 0 bridgehead atoms. The number of nitrogens with one attached hydrogen (secondary N) is 1. The normalized spacial score (nSPS) is 32.3. The molecule has 122 valence electrons. The molecule has 2 saturated carbocycles. The molecule has 2 unspecified atom stereocenters. The second kappa shape index (κ2) is 6.66. The monoisotopic (exact) mass is 296 g/mol. The molecule has 2 aliphatic carbocycles. The van der Waals surface area contributed by atoms with Gasteiger partial charge < -0.3 is 15.3 Å². The predicted octanol–water partition coefficient (Wildman–Crippen LogP) is 2.31. The summed E-state index contributed by atoms with van der Waals surface area (Å²) in [6.07, 6.45) is 8.73. The summed E-state index contributed by atoms with van der Waals surface area (Å²) in [6, 6.07) is 0. The Morgan fingerprint density at radius 2 is 1.90 bits per heavy atom. The first-order chi connectivity index (χ1) is 9.85. The Morgan fingerprint density at radius 3 is 2.48 bits per heavy atom. The van der Waals surface area contributed by atoms with E-state index < -0.39 is 5.60 Å². The highest BCUT2D eigenvalue weighted by atomic mass is 16.3. The molecule has 4 nitrogen and oxygen atoms in total. The highest BCUT2D eigenvalue weighted by molar-refractivity contribution is 5.77. The number of hydrogen-bond donors (Lipinski definition) is 2. The predicted molar refractivity (Wildman–Crippen MR) is 85.1 cm³/mol. The molecule has 2 N–H and O–H groups in total. The second-order valence-corrected chi connectivity index (χ2v) is 7.71. The summed E-state index contributed by atoms with van der Waals surface area (Å²) in [5, 5.41) is 13.4. The van der Waals surface area contributed by atoms with Gasteiger partial charge in [-0.1, -0.05) is 32.6 Å². The Kier molecular flexibility index (Phi) is 5.31. The van der Waals surface area contributed by atoms with Crippen LogP contribution < -0.4 is 5.32 Å². The zero-order valence-electron chi connectivity index (χ0n) is 14.0. The number of carbonyl (C=O) groups excluding carboxylic acids is 1. The maximum atomic E-state index is 12.2. The second-order valence-electron chi connectivity index (χ2n) is 7.71. The van der Waals surface area contributed by atoms with Crippen molar-refractivity contribution < 1.29 is 9.90 Å². The number of carbonyl (C=O) groups is 1. The lowest BCUT2D eigenvalue weighted by atomic mass is 9.75. The van der Waals surface area contributed by atoms with Crippen LogP contribution in [0.1, 0.15) is 64.7 Å². The van der Waals surface area contributed by atoms with Crippen molar-refractivity contribution in [3.8, 4) is 0 Å². The van der Waals surface area contributed by atoms with Gasteiger partial charge in [0.2, 0.25) is 5.91 Å². The van der Waals surface area contributed by atoms with E-state index in [2.05, 4.69) is 31.2 Å². The zero-order valence-corrected chi connectivity index (χ0v) is 14.0. The minimum absolute atomic E-state index is 0.0128. The Morgan fingerprint density at radius 1 is 1.24 bits per heavy atom. The van der Waals surface area contributed by atoms with Crippen LogP contribution in [-0.2, 0) is 4.79 Å². The van der Waals surface area contributed by atoms with Crippen LogP contribution in [0.15, 0.2) is 0 Å². The third-order valence-electron chi connectivity index (χ3n) is 5.65. The number of likely N-dealkylation sites (N-methyl/N-ethyl adjacent to an activating group) is 1. The molecule has 2 fully saturated rings. The first kappa shape index (κ1) is 16.8. The molecule has 0 aliphatic heterocycles. The Bertz CT molecular complexity index is 364. The Balaban J connectivity index is 1.88. The largest absolute Gasteiger partial charge is 0.389 e. The Labute approximate surface area is 129 Å². The van der Waals surface area contributed by atoms with Crippen LogP contribution in [0.4, 0.5) is 0 Å². The maximum Gasteiger partial charge on any atom is 0.222 e. The standard InChI is InChI=1S/C17H32N2O2/c1-14-7-6-8-16(11-14,19(2)3)13-18-15(20)12-17(21)9-4-5-10-17/h14,21H,4-13H2,1-3H3,(H,18,20). The summed E-state index contributed by atoms with van der Waals surface area (Å²) in [6.45, 7) is 3.01. The zero-order chi connectivity index (χ0) is 15.5.